The fourth-order valence-corrected chi connectivity index (χ4v) is 1.85. The smallest absolute Gasteiger partial charge is 0.242 e. The zero-order valence-electron chi connectivity index (χ0n) is 10.3. The van der Waals surface area contributed by atoms with E-state index in [1.54, 1.807) is 13.8 Å². The molecule has 88 valence electrons. The van der Waals surface area contributed by atoms with E-state index in [1.165, 1.54) is 0 Å². The minimum Gasteiger partial charge on any atom is -0.339 e. The van der Waals surface area contributed by atoms with Crippen molar-refractivity contribution < 1.29 is 4.79 Å². The molecule has 1 saturated heterocycles. The van der Waals surface area contributed by atoms with Gasteiger partial charge in [-0.25, -0.2) is 0 Å². The molecule has 4 heteroatoms. The fourth-order valence-electron chi connectivity index (χ4n) is 1.85. The Bertz CT molecular complexity index is 224. The van der Waals surface area contributed by atoms with Crippen LogP contribution in [0.1, 0.15) is 27.7 Å². The Morgan fingerprint density at radius 3 is 2.00 bits per heavy atom. The van der Waals surface area contributed by atoms with E-state index in [9.17, 15) is 4.79 Å². The second kappa shape index (κ2) is 4.49. The molecular formula is C11H23N3O. The molecule has 2 N–H and O–H groups in total. The maximum absolute atomic E-state index is 11.9. The van der Waals surface area contributed by atoms with Crippen molar-refractivity contribution in [2.45, 2.75) is 39.3 Å². The lowest BCUT2D eigenvalue weighted by Crippen LogP contribution is -2.57. The third-order valence-electron chi connectivity index (χ3n) is 2.88. The molecule has 15 heavy (non-hydrogen) atoms. The van der Waals surface area contributed by atoms with E-state index in [-0.39, 0.29) is 5.91 Å². The minimum atomic E-state index is -0.736. The fraction of sp³-hybridized carbons (Fsp3) is 0.909. The molecule has 0 aromatic rings. The molecule has 1 amide bonds. The Kier molecular flexibility index (Phi) is 3.73. The van der Waals surface area contributed by atoms with Crippen molar-refractivity contribution >= 4 is 5.91 Å². The molecule has 0 aliphatic carbocycles. The average Bonchev–Trinajstić information content (AvgIpc) is 2.15. The standard InChI is InChI=1S/C11H23N3O/c1-9(2)13-5-7-14(8-6-13)10(15)11(3,4)12/h9H,5-8,12H2,1-4H3. The summed E-state index contributed by atoms with van der Waals surface area (Å²) in [6, 6.07) is 0.563. The van der Waals surface area contributed by atoms with Gasteiger partial charge in [0.05, 0.1) is 5.54 Å². The first-order chi connectivity index (χ1) is 6.82. The van der Waals surface area contributed by atoms with Crippen LogP contribution in [0.25, 0.3) is 0 Å². The summed E-state index contributed by atoms with van der Waals surface area (Å²) in [5.74, 6) is 0.0610. The van der Waals surface area contributed by atoms with Crippen LogP contribution in [-0.4, -0.2) is 53.5 Å². The van der Waals surface area contributed by atoms with E-state index in [2.05, 4.69) is 18.7 Å². The Morgan fingerprint density at radius 2 is 1.67 bits per heavy atom. The van der Waals surface area contributed by atoms with Crippen molar-refractivity contribution in [1.29, 1.82) is 0 Å². The summed E-state index contributed by atoms with van der Waals surface area (Å²) in [6.07, 6.45) is 0. The largest absolute Gasteiger partial charge is 0.339 e. The lowest BCUT2D eigenvalue weighted by molar-refractivity contribution is -0.137. The number of amides is 1. The third-order valence-corrected chi connectivity index (χ3v) is 2.88. The highest BCUT2D eigenvalue weighted by Crippen LogP contribution is 2.10. The van der Waals surface area contributed by atoms with Gasteiger partial charge in [0.25, 0.3) is 0 Å². The molecule has 0 bridgehead atoms. The zero-order chi connectivity index (χ0) is 11.6. The topological polar surface area (TPSA) is 49.6 Å². The lowest BCUT2D eigenvalue weighted by Gasteiger charge is -2.39. The van der Waals surface area contributed by atoms with E-state index >= 15 is 0 Å². The van der Waals surface area contributed by atoms with Gasteiger partial charge in [-0.05, 0) is 27.7 Å². The first kappa shape index (κ1) is 12.5. The van der Waals surface area contributed by atoms with E-state index in [1.807, 2.05) is 4.90 Å². The molecule has 0 saturated carbocycles. The number of carbonyl (C=O) groups excluding carboxylic acids is 1. The number of carbonyl (C=O) groups is 1. The van der Waals surface area contributed by atoms with Crippen molar-refractivity contribution in [3.8, 4) is 0 Å². The predicted octanol–water partition coefficient (Wildman–Crippen LogP) is 0.276. The summed E-state index contributed by atoms with van der Waals surface area (Å²) >= 11 is 0. The second-order valence-electron chi connectivity index (χ2n) is 5.14. The van der Waals surface area contributed by atoms with Gasteiger partial charge < -0.3 is 10.6 Å². The van der Waals surface area contributed by atoms with Gasteiger partial charge >= 0.3 is 0 Å². The number of hydrogen-bond acceptors (Lipinski definition) is 3. The highest BCUT2D eigenvalue weighted by atomic mass is 16.2. The van der Waals surface area contributed by atoms with E-state index in [0.29, 0.717) is 6.04 Å². The number of nitrogens with zero attached hydrogens (tertiary/aromatic N) is 2. The van der Waals surface area contributed by atoms with Gasteiger partial charge in [0.2, 0.25) is 5.91 Å². The van der Waals surface area contributed by atoms with Gasteiger partial charge in [0.1, 0.15) is 0 Å². The van der Waals surface area contributed by atoms with Gasteiger partial charge in [-0.1, -0.05) is 0 Å². The maximum atomic E-state index is 11.9. The van der Waals surface area contributed by atoms with E-state index in [4.69, 9.17) is 5.73 Å². The van der Waals surface area contributed by atoms with Gasteiger partial charge in [0, 0.05) is 32.2 Å². The summed E-state index contributed by atoms with van der Waals surface area (Å²) in [5, 5.41) is 0. The highest BCUT2D eigenvalue weighted by molar-refractivity contribution is 5.85. The van der Waals surface area contributed by atoms with Crippen LogP contribution in [0.4, 0.5) is 0 Å². The van der Waals surface area contributed by atoms with Gasteiger partial charge in [-0.2, -0.15) is 0 Å². The number of hydrogen-bond donors (Lipinski definition) is 1. The van der Waals surface area contributed by atoms with Crippen LogP contribution in [0.5, 0.6) is 0 Å². The predicted molar refractivity (Wildman–Crippen MR) is 61.6 cm³/mol. The molecule has 0 spiro atoms. The van der Waals surface area contributed by atoms with Crippen LogP contribution < -0.4 is 5.73 Å². The third kappa shape index (κ3) is 3.18. The lowest BCUT2D eigenvalue weighted by atomic mass is 10.0. The first-order valence-corrected chi connectivity index (χ1v) is 5.64. The minimum absolute atomic E-state index is 0.0610. The summed E-state index contributed by atoms with van der Waals surface area (Å²) in [5.41, 5.74) is 5.06. The number of nitrogens with two attached hydrogens (primary N) is 1. The van der Waals surface area contributed by atoms with Crippen LogP contribution in [-0.2, 0) is 4.79 Å². The molecule has 0 aromatic carbocycles. The van der Waals surface area contributed by atoms with Crippen molar-refractivity contribution in [2.24, 2.45) is 5.73 Å². The van der Waals surface area contributed by atoms with Crippen LogP contribution in [0.3, 0.4) is 0 Å². The van der Waals surface area contributed by atoms with Crippen molar-refractivity contribution in [2.75, 3.05) is 26.2 Å². The molecule has 0 atom stereocenters. The molecule has 4 nitrogen and oxygen atoms in total. The molecule has 1 rings (SSSR count). The molecule has 0 radical (unpaired) electrons. The second-order valence-corrected chi connectivity index (χ2v) is 5.14. The summed E-state index contributed by atoms with van der Waals surface area (Å²) in [4.78, 5) is 16.1. The quantitative estimate of drug-likeness (QED) is 0.716. The molecule has 0 unspecified atom stereocenters. The van der Waals surface area contributed by atoms with Gasteiger partial charge in [-0.15, -0.1) is 0 Å². The van der Waals surface area contributed by atoms with Crippen molar-refractivity contribution in [3.63, 3.8) is 0 Å². The molecule has 1 aliphatic rings. The highest BCUT2D eigenvalue weighted by Gasteiger charge is 2.30. The van der Waals surface area contributed by atoms with E-state index < -0.39 is 5.54 Å². The average molecular weight is 213 g/mol. The molecule has 1 heterocycles. The molecule has 1 fully saturated rings. The summed E-state index contributed by atoms with van der Waals surface area (Å²) < 4.78 is 0. The Morgan fingerprint density at radius 1 is 1.20 bits per heavy atom. The number of rotatable bonds is 2. The zero-order valence-corrected chi connectivity index (χ0v) is 10.3. The number of piperazine rings is 1. The monoisotopic (exact) mass is 213 g/mol. The Balaban J connectivity index is 2.48. The normalized spacial score (nSPS) is 19.7. The van der Waals surface area contributed by atoms with Crippen LogP contribution in [0, 0.1) is 0 Å². The Labute approximate surface area is 92.4 Å². The van der Waals surface area contributed by atoms with Gasteiger partial charge in [-0.3, -0.25) is 9.69 Å². The maximum Gasteiger partial charge on any atom is 0.242 e. The first-order valence-electron chi connectivity index (χ1n) is 5.64. The molecular weight excluding hydrogens is 190 g/mol. The van der Waals surface area contributed by atoms with Crippen LogP contribution >= 0.6 is 0 Å². The van der Waals surface area contributed by atoms with Crippen molar-refractivity contribution in [1.82, 2.24) is 9.80 Å². The van der Waals surface area contributed by atoms with Crippen molar-refractivity contribution in [3.05, 3.63) is 0 Å². The Hall–Kier alpha value is -0.610. The summed E-state index contributed by atoms with van der Waals surface area (Å²) in [6.45, 7) is 11.4. The molecule has 1 aliphatic heterocycles. The SMILES string of the molecule is CC(C)N1CCN(C(=O)C(C)(C)N)CC1. The van der Waals surface area contributed by atoms with Gasteiger partial charge in [0.15, 0.2) is 0 Å². The van der Waals surface area contributed by atoms with Crippen LogP contribution in [0.15, 0.2) is 0 Å². The molecule has 0 aromatic heterocycles. The van der Waals surface area contributed by atoms with Crippen LogP contribution in [0.2, 0.25) is 0 Å². The summed E-state index contributed by atoms with van der Waals surface area (Å²) in [7, 11) is 0. The van der Waals surface area contributed by atoms with E-state index in [0.717, 1.165) is 26.2 Å².